The van der Waals surface area contributed by atoms with Gasteiger partial charge in [0.05, 0.1) is 12.1 Å². The van der Waals surface area contributed by atoms with Crippen molar-refractivity contribution in [2.75, 3.05) is 12.8 Å². The quantitative estimate of drug-likeness (QED) is 0.672. The molecule has 0 unspecified atom stereocenters. The summed E-state index contributed by atoms with van der Waals surface area (Å²) in [4.78, 5) is 0.940. The van der Waals surface area contributed by atoms with Gasteiger partial charge in [-0.15, -0.1) is 11.8 Å². The van der Waals surface area contributed by atoms with Crippen LogP contribution in [0.15, 0.2) is 47.4 Å². The summed E-state index contributed by atoms with van der Waals surface area (Å²) in [6, 6.07) is 13.6. The second kappa shape index (κ2) is 6.03. The van der Waals surface area contributed by atoms with Gasteiger partial charge in [0.25, 0.3) is 0 Å². The summed E-state index contributed by atoms with van der Waals surface area (Å²) in [6.07, 6.45) is 0. The Morgan fingerprint density at radius 2 is 1.89 bits per heavy atom. The monoisotopic (exact) mass is 279 g/mol. The van der Waals surface area contributed by atoms with Crippen LogP contribution in [-0.4, -0.2) is 7.11 Å². The molecule has 0 saturated heterocycles. The zero-order chi connectivity index (χ0) is 13.0. The Morgan fingerprint density at radius 3 is 2.50 bits per heavy atom. The van der Waals surface area contributed by atoms with Crippen LogP contribution in [-0.2, 0) is 5.75 Å². The number of hydrogen-bond acceptors (Lipinski definition) is 3. The molecule has 0 aliphatic carbocycles. The third kappa shape index (κ3) is 3.12. The maximum absolute atomic E-state index is 6.12. The van der Waals surface area contributed by atoms with E-state index >= 15 is 0 Å². The van der Waals surface area contributed by atoms with E-state index in [9.17, 15) is 0 Å². The fraction of sp³-hybridized carbons (Fsp3) is 0.143. The zero-order valence-corrected chi connectivity index (χ0v) is 11.6. The topological polar surface area (TPSA) is 35.2 Å². The van der Waals surface area contributed by atoms with Gasteiger partial charge in [-0.05, 0) is 29.8 Å². The molecule has 2 aromatic carbocycles. The van der Waals surface area contributed by atoms with Gasteiger partial charge in [-0.1, -0.05) is 29.8 Å². The predicted octanol–water partition coefficient (Wildman–Crippen LogP) is 4.22. The second-order valence-electron chi connectivity index (χ2n) is 3.79. The number of anilines is 1. The molecule has 2 N–H and O–H groups in total. The van der Waals surface area contributed by atoms with E-state index in [0.29, 0.717) is 5.02 Å². The van der Waals surface area contributed by atoms with Gasteiger partial charge in [-0.2, -0.15) is 0 Å². The van der Waals surface area contributed by atoms with Crippen molar-refractivity contribution < 1.29 is 4.74 Å². The summed E-state index contributed by atoms with van der Waals surface area (Å²) >= 11 is 7.77. The molecule has 0 heterocycles. The minimum absolute atomic E-state index is 0.702. The van der Waals surface area contributed by atoms with E-state index < -0.39 is 0 Å². The molecule has 0 amide bonds. The molecule has 2 rings (SSSR count). The minimum Gasteiger partial charge on any atom is -0.497 e. The number of ether oxygens (including phenoxy) is 1. The molecule has 0 spiro atoms. The van der Waals surface area contributed by atoms with E-state index in [-0.39, 0.29) is 0 Å². The van der Waals surface area contributed by atoms with Gasteiger partial charge in [-0.25, -0.2) is 0 Å². The van der Waals surface area contributed by atoms with E-state index in [1.54, 1.807) is 18.9 Å². The van der Waals surface area contributed by atoms with Crippen molar-refractivity contribution >= 4 is 29.1 Å². The van der Waals surface area contributed by atoms with E-state index in [4.69, 9.17) is 22.1 Å². The largest absolute Gasteiger partial charge is 0.497 e. The van der Waals surface area contributed by atoms with Crippen LogP contribution >= 0.6 is 23.4 Å². The lowest BCUT2D eigenvalue weighted by molar-refractivity contribution is 0.414. The fourth-order valence-electron chi connectivity index (χ4n) is 1.56. The van der Waals surface area contributed by atoms with Crippen LogP contribution in [0, 0.1) is 0 Å². The van der Waals surface area contributed by atoms with Gasteiger partial charge >= 0.3 is 0 Å². The zero-order valence-electron chi connectivity index (χ0n) is 10.0. The van der Waals surface area contributed by atoms with E-state index in [2.05, 4.69) is 0 Å². The van der Waals surface area contributed by atoms with Crippen LogP contribution < -0.4 is 10.5 Å². The number of thioether (sulfide) groups is 1. The molecule has 2 aromatic rings. The summed E-state index contributed by atoms with van der Waals surface area (Å²) in [5.41, 5.74) is 7.84. The van der Waals surface area contributed by atoms with Crippen molar-refractivity contribution in [2.24, 2.45) is 0 Å². The number of hydrogen-bond donors (Lipinski definition) is 1. The van der Waals surface area contributed by atoms with Crippen LogP contribution in [0.25, 0.3) is 0 Å². The summed E-state index contributed by atoms with van der Waals surface area (Å²) in [7, 11) is 1.66. The first kappa shape index (κ1) is 13.1. The normalized spacial score (nSPS) is 10.3. The number of rotatable bonds is 4. The third-order valence-electron chi connectivity index (χ3n) is 2.54. The van der Waals surface area contributed by atoms with Gasteiger partial charge in [0.15, 0.2) is 0 Å². The second-order valence-corrected chi connectivity index (χ2v) is 5.19. The first-order valence-corrected chi connectivity index (χ1v) is 6.87. The highest BCUT2D eigenvalue weighted by Crippen LogP contribution is 2.34. The average Bonchev–Trinajstić information content (AvgIpc) is 2.39. The number of nitrogens with two attached hydrogens (primary N) is 1. The Kier molecular flexibility index (Phi) is 4.39. The first-order valence-electron chi connectivity index (χ1n) is 5.50. The molecule has 0 aromatic heterocycles. The highest BCUT2D eigenvalue weighted by atomic mass is 35.5. The third-order valence-corrected chi connectivity index (χ3v) is 4.19. The first-order chi connectivity index (χ1) is 8.70. The highest BCUT2D eigenvalue weighted by molar-refractivity contribution is 7.98. The molecular formula is C14H14ClNOS. The molecule has 0 aliphatic heterocycles. The molecule has 18 heavy (non-hydrogen) atoms. The standard InChI is InChI=1S/C14H14ClNOS/c1-17-11-7-5-10(6-8-11)9-18-14-12(15)3-2-4-13(14)16/h2-8H,9,16H2,1H3. The van der Waals surface area contributed by atoms with Gasteiger partial charge in [0, 0.05) is 16.3 Å². The molecule has 0 bridgehead atoms. The highest BCUT2D eigenvalue weighted by Gasteiger charge is 2.05. The van der Waals surface area contributed by atoms with E-state index in [1.165, 1.54) is 5.56 Å². The Hall–Kier alpha value is -1.32. The fourth-order valence-corrected chi connectivity index (χ4v) is 2.84. The average molecular weight is 280 g/mol. The molecule has 94 valence electrons. The number of methoxy groups -OCH3 is 1. The van der Waals surface area contributed by atoms with E-state index in [1.807, 2.05) is 42.5 Å². The van der Waals surface area contributed by atoms with Crippen molar-refractivity contribution in [1.82, 2.24) is 0 Å². The maximum atomic E-state index is 6.12. The van der Waals surface area contributed by atoms with Crippen molar-refractivity contribution in [3.8, 4) is 5.75 Å². The van der Waals surface area contributed by atoms with Gasteiger partial charge in [-0.3, -0.25) is 0 Å². The summed E-state index contributed by atoms with van der Waals surface area (Å²) in [5.74, 6) is 1.69. The maximum Gasteiger partial charge on any atom is 0.118 e. The van der Waals surface area contributed by atoms with Crippen molar-refractivity contribution in [1.29, 1.82) is 0 Å². The molecule has 0 fully saturated rings. The lowest BCUT2D eigenvalue weighted by atomic mass is 10.2. The van der Waals surface area contributed by atoms with Gasteiger partial charge in [0.2, 0.25) is 0 Å². The van der Waals surface area contributed by atoms with Crippen molar-refractivity contribution in [2.45, 2.75) is 10.6 Å². The molecular weight excluding hydrogens is 266 g/mol. The van der Waals surface area contributed by atoms with Gasteiger partial charge < -0.3 is 10.5 Å². The Balaban J connectivity index is 2.06. The lowest BCUT2D eigenvalue weighted by Crippen LogP contribution is -1.90. The SMILES string of the molecule is COc1ccc(CSc2c(N)cccc2Cl)cc1. The van der Waals surface area contributed by atoms with E-state index in [0.717, 1.165) is 22.1 Å². The predicted molar refractivity (Wildman–Crippen MR) is 78.4 cm³/mol. The molecule has 2 nitrogen and oxygen atoms in total. The lowest BCUT2D eigenvalue weighted by Gasteiger charge is -2.08. The Morgan fingerprint density at radius 1 is 1.17 bits per heavy atom. The number of nitrogen functional groups attached to an aromatic ring is 1. The van der Waals surface area contributed by atoms with Crippen molar-refractivity contribution in [3.63, 3.8) is 0 Å². The van der Waals surface area contributed by atoms with Crippen LogP contribution in [0.2, 0.25) is 5.02 Å². The van der Waals surface area contributed by atoms with Crippen LogP contribution in [0.5, 0.6) is 5.75 Å². The molecule has 0 aliphatic rings. The smallest absolute Gasteiger partial charge is 0.118 e. The Labute approximate surface area is 116 Å². The Bertz CT molecular complexity index is 508. The minimum atomic E-state index is 0.702. The molecule has 0 radical (unpaired) electrons. The van der Waals surface area contributed by atoms with Crippen LogP contribution in [0.1, 0.15) is 5.56 Å². The summed E-state index contributed by atoms with van der Waals surface area (Å²) < 4.78 is 5.12. The summed E-state index contributed by atoms with van der Waals surface area (Å²) in [5, 5.41) is 0.702. The summed E-state index contributed by atoms with van der Waals surface area (Å²) in [6.45, 7) is 0. The molecule has 0 atom stereocenters. The molecule has 0 saturated carbocycles. The van der Waals surface area contributed by atoms with Crippen molar-refractivity contribution in [3.05, 3.63) is 53.1 Å². The van der Waals surface area contributed by atoms with Crippen LogP contribution in [0.4, 0.5) is 5.69 Å². The van der Waals surface area contributed by atoms with Crippen LogP contribution in [0.3, 0.4) is 0 Å². The molecule has 4 heteroatoms. The number of benzene rings is 2. The van der Waals surface area contributed by atoms with Gasteiger partial charge in [0.1, 0.15) is 5.75 Å². The number of halogens is 1.